The minimum atomic E-state index is -0.800. The van der Waals surface area contributed by atoms with Crippen molar-refractivity contribution in [1.29, 1.82) is 0 Å². The number of hydrogen-bond acceptors (Lipinski definition) is 3. The number of benzene rings is 1. The normalized spacial score (nSPS) is 10.7. The molecule has 1 aromatic carbocycles. The van der Waals surface area contributed by atoms with Gasteiger partial charge in [-0.3, -0.25) is 4.98 Å². The number of fused-ring (bicyclic) bond motifs is 1. The van der Waals surface area contributed by atoms with Crippen LogP contribution in [0.3, 0.4) is 0 Å². The van der Waals surface area contributed by atoms with E-state index in [1.807, 2.05) is 0 Å². The molecule has 2 rings (SSSR count). The molecule has 14 heavy (non-hydrogen) atoms. The van der Waals surface area contributed by atoms with E-state index in [0.717, 1.165) is 0 Å². The van der Waals surface area contributed by atoms with Gasteiger partial charge in [0.2, 0.25) is 0 Å². The van der Waals surface area contributed by atoms with Crippen LogP contribution in [-0.4, -0.2) is 4.98 Å². The lowest BCUT2D eigenvalue weighted by Crippen LogP contribution is -2.14. The van der Waals surface area contributed by atoms with Crippen LogP contribution in [0.4, 0.5) is 0 Å². The van der Waals surface area contributed by atoms with Crippen molar-refractivity contribution in [3.8, 4) is 0 Å². The van der Waals surface area contributed by atoms with Crippen molar-refractivity contribution in [1.82, 2.24) is 4.98 Å². The first-order chi connectivity index (χ1) is 6.59. The van der Waals surface area contributed by atoms with Crippen LogP contribution < -0.4 is 11.4 Å². The molecule has 0 aliphatic heterocycles. The Morgan fingerprint density at radius 2 is 2.07 bits per heavy atom. The quantitative estimate of drug-likeness (QED) is 0.799. The number of nitrogens with one attached hydrogen (secondary N) is 1. The highest BCUT2D eigenvalue weighted by molar-refractivity contribution is 9.10. The molecule has 0 bridgehead atoms. The van der Waals surface area contributed by atoms with Crippen molar-refractivity contribution in [2.45, 2.75) is 0 Å². The molecular weight excluding hydrogens is 273 g/mol. The highest BCUT2D eigenvalue weighted by atomic mass is 79.9. The molecule has 0 unspecified atom stereocenters. The molecule has 1 aromatic heterocycles. The Kier molecular flexibility index (Phi) is 2.20. The zero-order chi connectivity index (χ0) is 10.3. The summed E-state index contributed by atoms with van der Waals surface area (Å²) in [4.78, 5) is 24.5. The molecule has 0 radical (unpaired) electrons. The third-order valence-corrected chi connectivity index (χ3v) is 3.09. The lowest BCUT2D eigenvalue weighted by molar-refractivity contribution is 0.460. The van der Waals surface area contributed by atoms with Gasteiger partial charge in [0.05, 0.1) is 20.4 Å². The second-order valence-corrected chi connectivity index (χ2v) is 3.79. The topological polar surface area (TPSA) is 63.1 Å². The predicted molar refractivity (Wildman–Crippen MR) is 55.8 cm³/mol. The zero-order valence-corrected chi connectivity index (χ0v) is 8.98. The molecular formula is C8H3BrClNO3. The molecule has 0 saturated carbocycles. The van der Waals surface area contributed by atoms with Crippen LogP contribution in [0.5, 0.6) is 0 Å². The Balaban J connectivity index is 3.10. The lowest BCUT2D eigenvalue weighted by atomic mass is 10.2. The summed E-state index contributed by atoms with van der Waals surface area (Å²) in [6, 6.07) is 3.04. The average Bonchev–Trinajstić information content (AvgIpc) is 2.12. The first kappa shape index (κ1) is 9.48. The van der Waals surface area contributed by atoms with Crippen LogP contribution in [0.15, 0.2) is 30.6 Å². The third kappa shape index (κ3) is 1.38. The second-order valence-electron chi connectivity index (χ2n) is 2.59. The fraction of sp³-hybridized carbons (Fsp3) is 0. The van der Waals surface area contributed by atoms with Gasteiger partial charge in [-0.2, -0.15) is 0 Å². The van der Waals surface area contributed by atoms with Crippen LogP contribution in [0.1, 0.15) is 0 Å². The number of aromatic nitrogens is 1. The summed E-state index contributed by atoms with van der Waals surface area (Å²) >= 11 is 8.96. The molecule has 1 N–H and O–H groups in total. The molecule has 0 fully saturated rings. The molecule has 0 atom stereocenters. The maximum Gasteiger partial charge on any atom is 0.419 e. The van der Waals surface area contributed by atoms with Crippen molar-refractivity contribution in [3.63, 3.8) is 0 Å². The van der Waals surface area contributed by atoms with Crippen LogP contribution >= 0.6 is 27.5 Å². The van der Waals surface area contributed by atoms with E-state index in [1.165, 1.54) is 6.07 Å². The number of hydrogen-bond donors (Lipinski definition) is 1. The van der Waals surface area contributed by atoms with Crippen molar-refractivity contribution < 1.29 is 4.42 Å². The Hall–Kier alpha value is -1.07. The van der Waals surface area contributed by atoms with Gasteiger partial charge in [-0.15, -0.1) is 0 Å². The van der Waals surface area contributed by atoms with Crippen molar-refractivity contribution >= 4 is 38.4 Å². The molecule has 1 heterocycles. The number of aromatic amines is 1. The maximum absolute atomic E-state index is 11.2. The number of H-pyrrole nitrogens is 1. The maximum atomic E-state index is 11.2. The molecule has 2 aromatic rings. The van der Waals surface area contributed by atoms with E-state index >= 15 is 0 Å². The van der Waals surface area contributed by atoms with Gasteiger partial charge in [0, 0.05) is 0 Å². The summed E-state index contributed by atoms with van der Waals surface area (Å²) in [6.07, 6.45) is 0. The fourth-order valence-electron chi connectivity index (χ4n) is 1.11. The minimum absolute atomic E-state index is 0.279. The highest BCUT2D eigenvalue weighted by Crippen LogP contribution is 2.27. The van der Waals surface area contributed by atoms with Gasteiger partial charge in [-0.05, 0) is 28.1 Å². The molecule has 4 nitrogen and oxygen atoms in total. The largest absolute Gasteiger partial charge is 0.419 e. The van der Waals surface area contributed by atoms with Gasteiger partial charge in [-0.1, -0.05) is 11.6 Å². The minimum Gasteiger partial charge on any atom is -0.372 e. The Morgan fingerprint density at radius 3 is 2.79 bits per heavy atom. The van der Waals surface area contributed by atoms with E-state index in [4.69, 9.17) is 11.6 Å². The molecule has 72 valence electrons. The molecule has 0 amide bonds. The Bertz CT molecular complexity index is 616. The van der Waals surface area contributed by atoms with E-state index in [1.54, 1.807) is 6.07 Å². The number of halogens is 2. The Morgan fingerprint density at radius 1 is 1.36 bits per heavy atom. The summed E-state index contributed by atoms with van der Waals surface area (Å²) in [5.41, 5.74) is -0.333. The van der Waals surface area contributed by atoms with Crippen molar-refractivity contribution in [2.75, 3.05) is 0 Å². The smallest absolute Gasteiger partial charge is 0.372 e. The van der Waals surface area contributed by atoms with Crippen LogP contribution in [0.25, 0.3) is 10.9 Å². The lowest BCUT2D eigenvalue weighted by Gasteiger charge is -1.99. The fourth-order valence-corrected chi connectivity index (χ4v) is 1.71. The van der Waals surface area contributed by atoms with Gasteiger partial charge < -0.3 is 4.42 Å². The first-order valence-electron chi connectivity index (χ1n) is 3.61. The van der Waals surface area contributed by atoms with Crippen molar-refractivity contribution in [3.05, 3.63) is 42.6 Å². The highest BCUT2D eigenvalue weighted by Gasteiger charge is 2.08. The first-order valence-corrected chi connectivity index (χ1v) is 4.78. The van der Waals surface area contributed by atoms with E-state index < -0.39 is 11.4 Å². The third-order valence-electron chi connectivity index (χ3n) is 1.73. The van der Waals surface area contributed by atoms with Gasteiger partial charge in [0.1, 0.15) is 0 Å². The Labute approximate surface area is 90.6 Å². The van der Waals surface area contributed by atoms with Gasteiger partial charge >= 0.3 is 11.4 Å². The average molecular weight is 276 g/mol. The standard InChI is InChI=1S/C8H3BrClNO3/c9-5-4(10)2-1-3-6(5)11-8(13)14-7(3)12/h1-2H,(H,11,13). The second kappa shape index (κ2) is 3.25. The van der Waals surface area contributed by atoms with E-state index in [9.17, 15) is 9.59 Å². The molecule has 0 aliphatic carbocycles. The van der Waals surface area contributed by atoms with Gasteiger partial charge in [-0.25, -0.2) is 9.59 Å². The molecule has 0 aliphatic rings. The van der Waals surface area contributed by atoms with Gasteiger partial charge in [0.15, 0.2) is 0 Å². The summed E-state index contributed by atoms with van der Waals surface area (Å²) in [6.45, 7) is 0. The zero-order valence-electron chi connectivity index (χ0n) is 6.64. The summed E-state index contributed by atoms with van der Waals surface area (Å²) in [5, 5.41) is 0.694. The molecule has 0 spiro atoms. The van der Waals surface area contributed by atoms with E-state index in [0.29, 0.717) is 15.0 Å². The van der Waals surface area contributed by atoms with E-state index in [2.05, 4.69) is 25.3 Å². The van der Waals surface area contributed by atoms with Crippen LogP contribution in [0, 0.1) is 0 Å². The molecule has 0 saturated heterocycles. The van der Waals surface area contributed by atoms with Crippen molar-refractivity contribution in [2.24, 2.45) is 0 Å². The monoisotopic (exact) mass is 275 g/mol. The number of rotatable bonds is 0. The van der Waals surface area contributed by atoms with Crippen LogP contribution in [0.2, 0.25) is 5.02 Å². The predicted octanol–water partition coefficient (Wildman–Crippen LogP) is 1.90. The van der Waals surface area contributed by atoms with Gasteiger partial charge in [0.25, 0.3) is 0 Å². The molecule has 6 heteroatoms. The summed E-state index contributed by atoms with van der Waals surface area (Å²) in [7, 11) is 0. The van der Waals surface area contributed by atoms with Crippen LogP contribution in [-0.2, 0) is 0 Å². The van der Waals surface area contributed by atoms with E-state index in [-0.39, 0.29) is 5.39 Å². The summed E-state index contributed by atoms with van der Waals surface area (Å²) < 4.78 is 4.83. The summed E-state index contributed by atoms with van der Waals surface area (Å²) in [5.74, 6) is -0.800. The SMILES string of the molecule is O=c1[nH]c2c(Br)c(Cl)ccc2c(=O)o1.